The number of fused-ring (bicyclic) bond motifs is 1. The van der Waals surface area contributed by atoms with Gasteiger partial charge in [-0.2, -0.15) is 0 Å². The molecule has 0 saturated heterocycles. The summed E-state index contributed by atoms with van der Waals surface area (Å²) in [5.41, 5.74) is 2.27. The zero-order valence-corrected chi connectivity index (χ0v) is 14.0. The number of nitrogens with one attached hydrogen (secondary N) is 1. The second-order valence-electron chi connectivity index (χ2n) is 5.98. The molecule has 3 heteroatoms. The van der Waals surface area contributed by atoms with Crippen molar-refractivity contribution in [2.75, 3.05) is 0 Å². The third-order valence-corrected chi connectivity index (χ3v) is 3.95. The molecule has 3 aromatic rings. The lowest BCUT2D eigenvalue weighted by Crippen LogP contribution is -2.35. The third kappa shape index (κ3) is 3.93. The second kappa shape index (κ2) is 7.18. The molecule has 0 aliphatic carbocycles. The summed E-state index contributed by atoms with van der Waals surface area (Å²) in [7, 11) is 0. The van der Waals surface area contributed by atoms with E-state index in [4.69, 9.17) is 4.74 Å². The maximum atomic E-state index is 12.2. The van der Waals surface area contributed by atoms with Crippen LogP contribution in [0.1, 0.15) is 18.1 Å². The molecule has 0 fully saturated rings. The fourth-order valence-electron chi connectivity index (χ4n) is 2.65. The van der Waals surface area contributed by atoms with Crippen molar-refractivity contribution in [3.05, 3.63) is 77.9 Å². The lowest BCUT2D eigenvalue weighted by molar-refractivity contribution is -0.127. The van der Waals surface area contributed by atoms with E-state index < -0.39 is 6.10 Å². The maximum Gasteiger partial charge on any atom is 0.261 e. The smallest absolute Gasteiger partial charge is 0.261 e. The number of amides is 1. The van der Waals surface area contributed by atoms with Gasteiger partial charge in [0.1, 0.15) is 5.75 Å². The maximum absolute atomic E-state index is 12.2. The van der Waals surface area contributed by atoms with Gasteiger partial charge in [-0.15, -0.1) is 0 Å². The minimum absolute atomic E-state index is 0.121. The summed E-state index contributed by atoms with van der Waals surface area (Å²) >= 11 is 0. The van der Waals surface area contributed by atoms with Crippen LogP contribution in [0.5, 0.6) is 5.75 Å². The predicted octanol–water partition coefficient (Wildman–Crippen LogP) is 4.23. The van der Waals surface area contributed by atoms with Crippen molar-refractivity contribution in [3.63, 3.8) is 0 Å². The molecule has 24 heavy (non-hydrogen) atoms. The fourth-order valence-corrected chi connectivity index (χ4v) is 2.65. The van der Waals surface area contributed by atoms with Crippen molar-refractivity contribution in [3.8, 4) is 5.75 Å². The zero-order valence-electron chi connectivity index (χ0n) is 14.0. The number of carbonyl (C=O) groups is 1. The summed E-state index contributed by atoms with van der Waals surface area (Å²) < 4.78 is 5.78. The molecule has 0 aliphatic heterocycles. The van der Waals surface area contributed by atoms with Crippen molar-refractivity contribution in [1.82, 2.24) is 5.32 Å². The second-order valence-corrected chi connectivity index (χ2v) is 5.98. The van der Waals surface area contributed by atoms with Gasteiger partial charge in [-0.3, -0.25) is 4.79 Å². The molecule has 3 rings (SSSR count). The summed E-state index contributed by atoms with van der Waals surface area (Å²) in [4.78, 5) is 12.2. The minimum atomic E-state index is -0.545. The Bertz CT molecular complexity index is 857. The molecule has 0 spiro atoms. The highest BCUT2D eigenvalue weighted by Gasteiger charge is 2.14. The average Bonchev–Trinajstić information content (AvgIpc) is 2.59. The standard InChI is InChI=1S/C21H21NO2/c1-15-6-5-7-17(12-15)14-22-21(23)16(2)24-20-11-10-18-8-3-4-9-19(18)13-20/h3-13,16H,14H2,1-2H3,(H,22,23)/t16-/m1/s1. The molecule has 1 N–H and O–H groups in total. The molecular weight excluding hydrogens is 298 g/mol. The Labute approximate surface area is 142 Å². The number of rotatable bonds is 5. The van der Waals surface area contributed by atoms with E-state index in [-0.39, 0.29) is 5.91 Å². The number of hydrogen-bond acceptors (Lipinski definition) is 2. The zero-order chi connectivity index (χ0) is 16.9. The van der Waals surface area contributed by atoms with Crippen LogP contribution in [0.2, 0.25) is 0 Å². The number of ether oxygens (including phenoxy) is 1. The first kappa shape index (κ1) is 16.1. The summed E-state index contributed by atoms with van der Waals surface area (Å²) in [5.74, 6) is 0.580. The topological polar surface area (TPSA) is 38.3 Å². The number of benzene rings is 3. The highest BCUT2D eigenvalue weighted by atomic mass is 16.5. The molecule has 1 amide bonds. The molecule has 0 heterocycles. The normalized spacial score (nSPS) is 11.9. The summed E-state index contributed by atoms with van der Waals surface area (Å²) in [6.07, 6.45) is -0.545. The molecule has 0 radical (unpaired) electrons. The molecule has 1 atom stereocenters. The van der Waals surface area contributed by atoms with Gasteiger partial charge >= 0.3 is 0 Å². The van der Waals surface area contributed by atoms with E-state index in [1.165, 1.54) is 5.56 Å². The third-order valence-electron chi connectivity index (χ3n) is 3.95. The quantitative estimate of drug-likeness (QED) is 0.764. The van der Waals surface area contributed by atoms with Crippen molar-refractivity contribution >= 4 is 16.7 Å². The van der Waals surface area contributed by atoms with Gasteiger partial charge in [0.25, 0.3) is 5.91 Å². The fraction of sp³-hybridized carbons (Fsp3) is 0.190. The largest absolute Gasteiger partial charge is 0.481 e. The van der Waals surface area contributed by atoms with Gasteiger partial charge in [0.15, 0.2) is 6.10 Å². The van der Waals surface area contributed by atoms with Crippen LogP contribution in [0.4, 0.5) is 0 Å². The van der Waals surface area contributed by atoms with Gasteiger partial charge < -0.3 is 10.1 Å². The van der Waals surface area contributed by atoms with Gasteiger partial charge in [-0.1, -0.05) is 60.2 Å². The molecule has 0 saturated carbocycles. The molecule has 0 aromatic heterocycles. The van der Waals surface area contributed by atoms with Crippen LogP contribution in [-0.2, 0) is 11.3 Å². The van der Waals surface area contributed by atoms with Crippen molar-refractivity contribution in [2.45, 2.75) is 26.5 Å². The van der Waals surface area contributed by atoms with Crippen LogP contribution in [0.15, 0.2) is 66.7 Å². The van der Waals surface area contributed by atoms with Gasteiger partial charge in [0, 0.05) is 6.54 Å². The van der Waals surface area contributed by atoms with Gasteiger partial charge in [0.05, 0.1) is 0 Å². The van der Waals surface area contributed by atoms with Crippen LogP contribution in [0.3, 0.4) is 0 Å². The van der Waals surface area contributed by atoms with E-state index in [2.05, 4.69) is 17.4 Å². The van der Waals surface area contributed by atoms with Gasteiger partial charge in [-0.25, -0.2) is 0 Å². The van der Waals surface area contributed by atoms with Crippen LogP contribution < -0.4 is 10.1 Å². The van der Waals surface area contributed by atoms with Crippen LogP contribution in [0.25, 0.3) is 10.8 Å². The molecule has 3 aromatic carbocycles. The lowest BCUT2D eigenvalue weighted by Gasteiger charge is -2.15. The van der Waals surface area contributed by atoms with E-state index in [0.29, 0.717) is 12.3 Å². The predicted molar refractivity (Wildman–Crippen MR) is 97.1 cm³/mol. The Balaban J connectivity index is 1.60. The monoisotopic (exact) mass is 319 g/mol. The number of aryl methyl sites for hydroxylation is 1. The van der Waals surface area contributed by atoms with Crippen molar-refractivity contribution < 1.29 is 9.53 Å². The molecule has 122 valence electrons. The van der Waals surface area contributed by atoms with E-state index in [9.17, 15) is 4.79 Å². The van der Waals surface area contributed by atoms with E-state index in [0.717, 1.165) is 16.3 Å². The molecular formula is C21H21NO2. The van der Waals surface area contributed by atoms with E-state index in [1.807, 2.05) is 61.5 Å². The molecule has 0 bridgehead atoms. The van der Waals surface area contributed by atoms with Crippen molar-refractivity contribution in [2.24, 2.45) is 0 Å². The SMILES string of the molecule is Cc1cccc(CNC(=O)[C@@H](C)Oc2ccc3ccccc3c2)c1. The Morgan fingerprint density at radius 2 is 1.79 bits per heavy atom. The van der Waals surface area contributed by atoms with Gasteiger partial charge in [0.2, 0.25) is 0 Å². The van der Waals surface area contributed by atoms with Crippen LogP contribution >= 0.6 is 0 Å². The first-order chi connectivity index (χ1) is 11.6. The van der Waals surface area contributed by atoms with Crippen LogP contribution in [0, 0.1) is 6.92 Å². The Morgan fingerprint density at radius 3 is 2.58 bits per heavy atom. The van der Waals surface area contributed by atoms with E-state index in [1.54, 1.807) is 6.92 Å². The molecule has 0 aliphatic rings. The molecule has 3 nitrogen and oxygen atoms in total. The summed E-state index contributed by atoms with van der Waals surface area (Å²) in [6.45, 7) is 4.31. The van der Waals surface area contributed by atoms with Crippen molar-refractivity contribution in [1.29, 1.82) is 0 Å². The first-order valence-electron chi connectivity index (χ1n) is 8.10. The highest BCUT2D eigenvalue weighted by molar-refractivity contribution is 5.84. The van der Waals surface area contributed by atoms with Gasteiger partial charge in [-0.05, 0) is 42.3 Å². The Kier molecular flexibility index (Phi) is 4.80. The summed E-state index contributed by atoms with van der Waals surface area (Å²) in [6, 6.07) is 22.0. The van der Waals surface area contributed by atoms with Crippen LogP contribution in [-0.4, -0.2) is 12.0 Å². The minimum Gasteiger partial charge on any atom is -0.481 e. The number of carbonyl (C=O) groups excluding carboxylic acids is 1. The van der Waals surface area contributed by atoms with E-state index >= 15 is 0 Å². The Hall–Kier alpha value is -2.81. The molecule has 0 unspecified atom stereocenters. The Morgan fingerprint density at radius 1 is 1.00 bits per heavy atom. The highest BCUT2D eigenvalue weighted by Crippen LogP contribution is 2.21. The number of hydrogen-bond donors (Lipinski definition) is 1. The average molecular weight is 319 g/mol. The lowest BCUT2D eigenvalue weighted by atomic mass is 10.1. The summed E-state index contributed by atoms with van der Waals surface area (Å²) in [5, 5.41) is 5.17. The first-order valence-corrected chi connectivity index (χ1v) is 8.10.